The number of hydrogen-bond donors (Lipinski definition) is 2. The first-order valence-corrected chi connectivity index (χ1v) is 4.99. The molecule has 0 aromatic heterocycles. The Balaban J connectivity index is 2.39. The molecule has 0 atom stereocenters. The fourth-order valence-corrected chi connectivity index (χ4v) is 1.73. The highest BCUT2D eigenvalue weighted by Crippen LogP contribution is 2.20. The van der Waals surface area contributed by atoms with Crippen molar-refractivity contribution in [3.05, 3.63) is 29.3 Å². The standard InChI is InChI=1S/C11H12N2O3/c1-7-2-3-8(6-9(7)10(14)15)13-5-4-12-11(13)16/h2-3,6H,4-5H2,1H3,(H,12,16)(H,14,15). The van der Waals surface area contributed by atoms with Crippen molar-refractivity contribution in [2.24, 2.45) is 0 Å². The minimum absolute atomic E-state index is 0.180. The molecule has 0 spiro atoms. The maximum absolute atomic E-state index is 11.4. The summed E-state index contributed by atoms with van der Waals surface area (Å²) < 4.78 is 0. The zero-order chi connectivity index (χ0) is 11.7. The highest BCUT2D eigenvalue weighted by Gasteiger charge is 2.22. The number of hydrogen-bond acceptors (Lipinski definition) is 2. The molecule has 0 aliphatic carbocycles. The maximum atomic E-state index is 11.4. The molecule has 5 nitrogen and oxygen atoms in total. The monoisotopic (exact) mass is 220 g/mol. The molecule has 0 saturated carbocycles. The molecule has 0 unspecified atom stereocenters. The summed E-state index contributed by atoms with van der Waals surface area (Å²) in [7, 11) is 0. The third kappa shape index (κ3) is 1.71. The van der Waals surface area contributed by atoms with Crippen LogP contribution < -0.4 is 10.2 Å². The van der Waals surface area contributed by atoms with Crippen LogP contribution in [0.2, 0.25) is 0 Å². The van der Waals surface area contributed by atoms with Crippen LogP contribution in [0.5, 0.6) is 0 Å². The molecular formula is C11H12N2O3. The second-order valence-electron chi connectivity index (χ2n) is 3.69. The van der Waals surface area contributed by atoms with Crippen molar-refractivity contribution in [2.75, 3.05) is 18.0 Å². The van der Waals surface area contributed by atoms with E-state index in [1.54, 1.807) is 19.1 Å². The minimum Gasteiger partial charge on any atom is -0.478 e. The van der Waals surface area contributed by atoms with E-state index in [4.69, 9.17) is 5.11 Å². The first-order chi connectivity index (χ1) is 7.59. The van der Waals surface area contributed by atoms with E-state index in [1.165, 1.54) is 11.0 Å². The van der Waals surface area contributed by atoms with E-state index in [0.29, 0.717) is 24.3 Å². The lowest BCUT2D eigenvalue weighted by molar-refractivity contribution is 0.0696. The molecule has 1 heterocycles. The Hall–Kier alpha value is -2.04. The summed E-state index contributed by atoms with van der Waals surface area (Å²) in [5.41, 5.74) is 1.55. The molecule has 84 valence electrons. The Morgan fingerprint density at radius 1 is 1.50 bits per heavy atom. The Morgan fingerprint density at radius 2 is 2.25 bits per heavy atom. The van der Waals surface area contributed by atoms with Gasteiger partial charge in [0.2, 0.25) is 0 Å². The molecule has 1 aromatic rings. The number of carboxylic acid groups (broad SMARTS) is 1. The quantitative estimate of drug-likeness (QED) is 0.787. The number of benzene rings is 1. The van der Waals surface area contributed by atoms with Gasteiger partial charge in [-0.3, -0.25) is 4.90 Å². The lowest BCUT2D eigenvalue weighted by Gasteiger charge is -2.15. The largest absolute Gasteiger partial charge is 0.478 e. The highest BCUT2D eigenvalue weighted by atomic mass is 16.4. The number of carbonyl (C=O) groups excluding carboxylic acids is 1. The lowest BCUT2D eigenvalue weighted by Crippen LogP contribution is -2.27. The lowest BCUT2D eigenvalue weighted by atomic mass is 10.1. The first-order valence-electron chi connectivity index (χ1n) is 4.99. The van der Waals surface area contributed by atoms with Crippen LogP contribution in [-0.4, -0.2) is 30.2 Å². The molecular weight excluding hydrogens is 208 g/mol. The summed E-state index contributed by atoms with van der Waals surface area (Å²) in [6.07, 6.45) is 0. The van der Waals surface area contributed by atoms with Crippen LogP contribution in [0.4, 0.5) is 10.5 Å². The number of carboxylic acids is 1. The van der Waals surface area contributed by atoms with Crippen LogP contribution in [0.3, 0.4) is 0 Å². The molecule has 2 amide bonds. The minimum atomic E-state index is -0.973. The van der Waals surface area contributed by atoms with Crippen molar-refractivity contribution < 1.29 is 14.7 Å². The van der Waals surface area contributed by atoms with Gasteiger partial charge in [0.15, 0.2) is 0 Å². The third-order valence-corrected chi connectivity index (χ3v) is 2.62. The van der Waals surface area contributed by atoms with Gasteiger partial charge in [0.1, 0.15) is 0 Å². The van der Waals surface area contributed by atoms with Crippen molar-refractivity contribution >= 4 is 17.7 Å². The molecule has 2 N–H and O–H groups in total. The predicted octanol–water partition coefficient (Wildman–Crippen LogP) is 1.22. The highest BCUT2D eigenvalue weighted by molar-refractivity contribution is 5.96. The number of urea groups is 1. The molecule has 1 saturated heterocycles. The van der Waals surface area contributed by atoms with Gasteiger partial charge in [-0.15, -0.1) is 0 Å². The number of nitrogens with one attached hydrogen (secondary N) is 1. The van der Waals surface area contributed by atoms with Crippen LogP contribution in [0.15, 0.2) is 18.2 Å². The van der Waals surface area contributed by atoms with Gasteiger partial charge < -0.3 is 10.4 Å². The van der Waals surface area contributed by atoms with E-state index >= 15 is 0 Å². The van der Waals surface area contributed by atoms with Gasteiger partial charge in [0, 0.05) is 18.8 Å². The molecule has 1 aliphatic heterocycles. The second-order valence-corrected chi connectivity index (χ2v) is 3.69. The predicted molar refractivity (Wildman–Crippen MR) is 58.9 cm³/mol. The second kappa shape index (κ2) is 3.84. The number of amides is 2. The van der Waals surface area contributed by atoms with Gasteiger partial charge in [0.05, 0.1) is 5.56 Å². The van der Waals surface area contributed by atoms with E-state index < -0.39 is 5.97 Å². The van der Waals surface area contributed by atoms with E-state index in [1.807, 2.05) is 0 Å². The van der Waals surface area contributed by atoms with Gasteiger partial charge in [-0.2, -0.15) is 0 Å². The summed E-state index contributed by atoms with van der Waals surface area (Å²) in [6.45, 7) is 2.90. The summed E-state index contributed by atoms with van der Waals surface area (Å²) >= 11 is 0. The SMILES string of the molecule is Cc1ccc(N2CCNC2=O)cc1C(=O)O. The Morgan fingerprint density at radius 3 is 2.81 bits per heavy atom. The van der Waals surface area contributed by atoms with Crippen molar-refractivity contribution in [1.29, 1.82) is 0 Å². The zero-order valence-electron chi connectivity index (χ0n) is 8.86. The van der Waals surface area contributed by atoms with Crippen molar-refractivity contribution in [3.63, 3.8) is 0 Å². The Kier molecular flexibility index (Phi) is 2.52. The van der Waals surface area contributed by atoms with Crippen LogP contribution in [-0.2, 0) is 0 Å². The summed E-state index contributed by atoms with van der Waals surface area (Å²) in [5, 5.41) is 11.7. The number of aromatic carboxylic acids is 1. The number of aryl methyl sites for hydroxylation is 1. The number of nitrogens with zero attached hydrogens (tertiary/aromatic N) is 1. The molecule has 5 heteroatoms. The summed E-state index contributed by atoms with van der Waals surface area (Å²) in [4.78, 5) is 23.9. The summed E-state index contributed by atoms with van der Waals surface area (Å²) in [6, 6.07) is 4.82. The first kappa shape index (κ1) is 10.5. The third-order valence-electron chi connectivity index (χ3n) is 2.62. The molecule has 16 heavy (non-hydrogen) atoms. The van der Waals surface area contributed by atoms with E-state index in [9.17, 15) is 9.59 Å². The molecule has 1 aromatic carbocycles. The molecule has 1 fully saturated rings. The molecule has 0 radical (unpaired) electrons. The Labute approximate surface area is 92.7 Å². The van der Waals surface area contributed by atoms with Gasteiger partial charge >= 0.3 is 12.0 Å². The van der Waals surface area contributed by atoms with Crippen molar-refractivity contribution in [1.82, 2.24) is 5.32 Å². The van der Waals surface area contributed by atoms with Gasteiger partial charge in [-0.1, -0.05) is 6.07 Å². The van der Waals surface area contributed by atoms with Crippen LogP contribution in [0, 0.1) is 6.92 Å². The van der Waals surface area contributed by atoms with Crippen LogP contribution in [0.25, 0.3) is 0 Å². The normalized spacial score (nSPS) is 15.1. The van der Waals surface area contributed by atoms with Crippen molar-refractivity contribution in [3.8, 4) is 0 Å². The maximum Gasteiger partial charge on any atom is 0.336 e. The topological polar surface area (TPSA) is 69.6 Å². The fraction of sp³-hybridized carbons (Fsp3) is 0.273. The number of rotatable bonds is 2. The number of carbonyl (C=O) groups is 2. The van der Waals surface area contributed by atoms with E-state index in [-0.39, 0.29) is 11.6 Å². The Bertz CT molecular complexity index is 457. The number of anilines is 1. The zero-order valence-corrected chi connectivity index (χ0v) is 8.86. The van der Waals surface area contributed by atoms with Crippen LogP contribution in [0.1, 0.15) is 15.9 Å². The van der Waals surface area contributed by atoms with E-state index in [0.717, 1.165) is 0 Å². The van der Waals surface area contributed by atoms with Crippen molar-refractivity contribution in [2.45, 2.75) is 6.92 Å². The fourth-order valence-electron chi connectivity index (χ4n) is 1.73. The molecule has 2 rings (SSSR count). The molecule has 0 bridgehead atoms. The van der Waals surface area contributed by atoms with Gasteiger partial charge in [-0.05, 0) is 24.6 Å². The van der Waals surface area contributed by atoms with Gasteiger partial charge in [0.25, 0.3) is 0 Å². The average molecular weight is 220 g/mol. The average Bonchev–Trinajstić information content (AvgIpc) is 2.65. The van der Waals surface area contributed by atoms with Gasteiger partial charge in [-0.25, -0.2) is 9.59 Å². The van der Waals surface area contributed by atoms with Crippen LogP contribution >= 0.6 is 0 Å². The smallest absolute Gasteiger partial charge is 0.336 e. The van der Waals surface area contributed by atoms with E-state index in [2.05, 4.69) is 5.32 Å². The summed E-state index contributed by atoms with van der Waals surface area (Å²) in [5.74, 6) is -0.973. The molecule has 1 aliphatic rings.